The number of carbonyl (C=O) groups is 1. The molecule has 2 aromatic rings. The van der Waals surface area contributed by atoms with Gasteiger partial charge in [-0.15, -0.1) is 0 Å². The fourth-order valence-electron chi connectivity index (χ4n) is 2.02. The van der Waals surface area contributed by atoms with Crippen LogP contribution in [0.4, 0.5) is 11.5 Å². The zero-order valence-electron chi connectivity index (χ0n) is 12.9. The summed E-state index contributed by atoms with van der Waals surface area (Å²) in [7, 11) is 2.73. The molecule has 2 rings (SSSR count). The molecule has 1 heterocycles. The third kappa shape index (κ3) is 3.99. The van der Waals surface area contributed by atoms with Crippen molar-refractivity contribution in [2.45, 2.75) is 6.54 Å². The van der Waals surface area contributed by atoms with Crippen LogP contribution in [0.1, 0.15) is 15.9 Å². The highest BCUT2D eigenvalue weighted by Gasteiger charge is 2.19. The Labute approximate surface area is 146 Å². The van der Waals surface area contributed by atoms with E-state index in [2.05, 4.69) is 31.0 Å². The summed E-state index contributed by atoms with van der Waals surface area (Å²) >= 11 is 3.36. The van der Waals surface area contributed by atoms with Gasteiger partial charge in [0.1, 0.15) is 5.75 Å². The summed E-state index contributed by atoms with van der Waals surface area (Å²) in [5.41, 5.74) is 0.488. The van der Waals surface area contributed by atoms with Crippen LogP contribution >= 0.6 is 15.9 Å². The number of rotatable bonds is 6. The summed E-state index contributed by atoms with van der Waals surface area (Å²) in [5.74, 6) is 0.0000230. The fourth-order valence-corrected chi connectivity index (χ4v) is 2.43. The third-order valence-corrected chi connectivity index (χ3v) is 3.67. The molecule has 0 fully saturated rings. The second-order valence-corrected chi connectivity index (χ2v) is 5.57. The molecule has 0 saturated carbocycles. The number of pyridine rings is 1. The highest BCUT2D eigenvalue weighted by molar-refractivity contribution is 9.10. The maximum atomic E-state index is 11.5. The molecule has 0 bridgehead atoms. The number of ether oxygens (including phenoxy) is 2. The first-order valence-electron chi connectivity index (χ1n) is 6.75. The monoisotopic (exact) mass is 395 g/mol. The minimum absolute atomic E-state index is 0.00906. The van der Waals surface area contributed by atoms with Gasteiger partial charge in [-0.3, -0.25) is 10.1 Å². The topological polar surface area (TPSA) is 104 Å². The quantitative estimate of drug-likeness (QED) is 0.454. The van der Waals surface area contributed by atoms with Crippen LogP contribution in [0.25, 0.3) is 0 Å². The molecule has 0 radical (unpaired) electrons. The van der Waals surface area contributed by atoms with Crippen LogP contribution < -0.4 is 10.1 Å². The van der Waals surface area contributed by atoms with Gasteiger partial charge in [-0.05, 0) is 18.2 Å². The highest BCUT2D eigenvalue weighted by Crippen LogP contribution is 2.27. The number of nitrogens with one attached hydrogen (secondary N) is 1. The summed E-state index contributed by atoms with van der Waals surface area (Å²) in [6.45, 7) is 0.258. The molecule has 0 saturated heterocycles. The number of hydrogen-bond donors (Lipinski definition) is 1. The molecule has 0 aliphatic heterocycles. The average molecular weight is 396 g/mol. The smallest absolute Gasteiger partial charge is 0.339 e. The molecule has 1 N–H and O–H groups in total. The maximum Gasteiger partial charge on any atom is 0.339 e. The number of hydrogen-bond acceptors (Lipinski definition) is 7. The summed E-state index contributed by atoms with van der Waals surface area (Å²) in [6, 6.07) is 6.57. The number of aromatic nitrogens is 1. The van der Waals surface area contributed by atoms with Crippen LogP contribution in [0.3, 0.4) is 0 Å². The molecular weight excluding hydrogens is 382 g/mol. The van der Waals surface area contributed by atoms with E-state index < -0.39 is 10.9 Å². The molecule has 0 aliphatic rings. The predicted octanol–water partition coefficient (Wildman–Crippen LogP) is 3.16. The minimum Gasteiger partial charge on any atom is -0.496 e. The van der Waals surface area contributed by atoms with Crippen LogP contribution in [0, 0.1) is 10.1 Å². The lowest BCUT2D eigenvalue weighted by molar-refractivity contribution is -0.384. The Bertz CT molecular complexity index is 782. The van der Waals surface area contributed by atoms with Crippen LogP contribution in [0.5, 0.6) is 5.75 Å². The molecule has 0 amide bonds. The van der Waals surface area contributed by atoms with Crippen molar-refractivity contribution in [3.05, 3.63) is 56.2 Å². The number of nitro groups is 1. The molecule has 24 heavy (non-hydrogen) atoms. The van der Waals surface area contributed by atoms with Gasteiger partial charge in [0.05, 0.1) is 24.7 Å². The molecular formula is C15H14BrN3O5. The van der Waals surface area contributed by atoms with Crippen molar-refractivity contribution in [3.63, 3.8) is 0 Å². The van der Waals surface area contributed by atoms with Gasteiger partial charge < -0.3 is 14.8 Å². The van der Waals surface area contributed by atoms with E-state index in [4.69, 9.17) is 4.74 Å². The Morgan fingerprint density at radius 3 is 2.75 bits per heavy atom. The molecule has 0 aliphatic carbocycles. The van der Waals surface area contributed by atoms with Gasteiger partial charge >= 0.3 is 11.7 Å². The standard InChI is InChI=1S/C15H14BrN3O5/c1-23-13-4-3-11(16)5-9(13)7-17-14-12(19(21)22)6-10(8-18-14)15(20)24-2/h3-6,8H,7H2,1-2H3,(H,17,18). The number of nitrogens with zero attached hydrogens (tertiary/aromatic N) is 2. The summed E-state index contributed by atoms with van der Waals surface area (Å²) in [4.78, 5) is 26.0. The van der Waals surface area contributed by atoms with Crippen molar-refractivity contribution >= 4 is 33.4 Å². The van der Waals surface area contributed by atoms with E-state index in [9.17, 15) is 14.9 Å². The Morgan fingerprint density at radius 1 is 1.38 bits per heavy atom. The normalized spacial score (nSPS) is 10.1. The molecule has 8 nitrogen and oxygen atoms in total. The van der Waals surface area contributed by atoms with Gasteiger partial charge in [-0.1, -0.05) is 15.9 Å². The van der Waals surface area contributed by atoms with Crippen LogP contribution in [0.2, 0.25) is 0 Å². The first-order chi connectivity index (χ1) is 11.5. The van der Waals surface area contributed by atoms with Crippen molar-refractivity contribution in [1.82, 2.24) is 4.98 Å². The molecule has 1 aromatic heterocycles. The van der Waals surface area contributed by atoms with Gasteiger partial charge in [0.2, 0.25) is 5.82 Å². The van der Waals surface area contributed by atoms with Crippen molar-refractivity contribution < 1.29 is 19.2 Å². The number of esters is 1. The number of carbonyl (C=O) groups excluding carboxylic acids is 1. The Morgan fingerprint density at radius 2 is 2.12 bits per heavy atom. The number of halogens is 1. The first kappa shape index (κ1) is 17.7. The van der Waals surface area contributed by atoms with Gasteiger partial charge in [0.15, 0.2) is 0 Å². The molecule has 1 aromatic carbocycles. The Kier molecular flexibility index (Phi) is 5.69. The van der Waals surface area contributed by atoms with E-state index in [-0.39, 0.29) is 23.6 Å². The number of benzene rings is 1. The van der Waals surface area contributed by atoms with Crippen molar-refractivity contribution in [2.75, 3.05) is 19.5 Å². The molecule has 126 valence electrons. The van der Waals surface area contributed by atoms with E-state index in [0.717, 1.165) is 16.1 Å². The third-order valence-electron chi connectivity index (χ3n) is 3.17. The van der Waals surface area contributed by atoms with E-state index in [1.54, 1.807) is 13.2 Å². The first-order valence-corrected chi connectivity index (χ1v) is 7.54. The second-order valence-electron chi connectivity index (χ2n) is 4.65. The lowest BCUT2D eigenvalue weighted by Gasteiger charge is -2.11. The van der Waals surface area contributed by atoms with Crippen LogP contribution in [-0.4, -0.2) is 30.1 Å². The van der Waals surface area contributed by atoms with Gasteiger partial charge in [-0.2, -0.15) is 0 Å². The predicted molar refractivity (Wildman–Crippen MR) is 90.3 cm³/mol. The number of methoxy groups -OCH3 is 2. The lowest BCUT2D eigenvalue weighted by Crippen LogP contribution is -2.08. The highest BCUT2D eigenvalue weighted by atomic mass is 79.9. The van der Waals surface area contributed by atoms with E-state index in [1.807, 2.05) is 12.1 Å². The van der Waals surface area contributed by atoms with E-state index in [0.29, 0.717) is 5.75 Å². The SMILES string of the molecule is COC(=O)c1cnc(NCc2cc(Br)ccc2OC)c([N+](=O)[O-])c1. The van der Waals surface area contributed by atoms with Crippen LogP contribution in [0.15, 0.2) is 34.9 Å². The largest absolute Gasteiger partial charge is 0.496 e. The van der Waals surface area contributed by atoms with Crippen molar-refractivity contribution in [3.8, 4) is 5.75 Å². The lowest BCUT2D eigenvalue weighted by atomic mass is 10.2. The summed E-state index contributed by atoms with van der Waals surface area (Å²) in [5, 5.41) is 14.1. The number of anilines is 1. The second kappa shape index (κ2) is 7.73. The molecule has 0 spiro atoms. The van der Waals surface area contributed by atoms with E-state index >= 15 is 0 Å². The maximum absolute atomic E-state index is 11.5. The fraction of sp³-hybridized carbons (Fsp3) is 0.200. The zero-order valence-corrected chi connectivity index (χ0v) is 14.5. The molecule has 0 atom stereocenters. The van der Waals surface area contributed by atoms with Gasteiger partial charge in [0.25, 0.3) is 0 Å². The molecule has 9 heteroatoms. The summed E-state index contributed by atoms with van der Waals surface area (Å²) < 4.78 is 10.6. The van der Waals surface area contributed by atoms with Crippen molar-refractivity contribution in [1.29, 1.82) is 0 Å². The Hall–Kier alpha value is -2.68. The van der Waals surface area contributed by atoms with Crippen LogP contribution in [-0.2, 0) is 11.3 Å². The molecule has 0 unspecified atom stereocenters. The average Bonchev–Trinajstić information content (AvgIpc) is 2.59. The summed E-state index contributed by atoms with van der Waals surface area (Å²) in [6.07, 6.45) is 1.22. The zero-order chi connectivity index (χ0) is 17.7. The van der Waals surface area contributed by atoms with Gasteiger partial charge in [-0.25, -0.2) is 9.78 Å². The van der Waals surface area contributed by atoms with Crippen molar-refractivity contribution in [2.24, 2.45) is 0 Å². The minimum atomic E-state index is -0.689. The van der Waals surface area contributed by atoms with E-state index in [1.165, 1.54) is 13.3 Å². The Balaban J connectivity index is 2.28. The van der Waals surface area contributed by atoms with Gasteiger partial charge in [0, 0.05) is 28.8 Å².